The summed E-state index contributed by atoms with van der Waals surface area (Å²) in [5.41, 5.74) is 1.07. The fourth-order valence-electron chi connectivity index (χ4n) is 2.38. The number of hydrogen-bond donors (Lipinski definition) is 1. The maximum atomic E-state index is 13.4. The van der Waals surface area contributed by atoms with Crippen LogP contribution < -0.4 is 0 Å². The lowest BCUT2D eigenvalue weighted by Crippen LogP contribution is -1.99. The van der Waals surface area contributed by atoms with Crippen LogP contribution in [0.1, 0.15) is 16.2 Å². The van der Waals surface area contributed by atoms with Crippen molar-refractivity contribution >= 4 is 17.0 Å². The molecule has 0 bridgehead atoms. The van der Waals surface area contributed by atoms with E-state index >= 15 is 0 Å². The van der Waals surface area contributed by atoms with Crippen molar-refractivity contribution in [3.63, 3.8) is 0 Å². The third-order valence-electron chi connectivity index (χ3n) is 3.19. The molecule has 21 heavy (non-hydrogen) atoms. The molecule has 0 aliphatic carbocycles. The van der Waals surface area contributed by atoms with Crippen LogP contribution in [0.5, 0.6) is 0 Å². The second-order valence-corrected chi connectivity index (χ2v) is 4.60. The van der Waals surface area contributed by atoms with E-state index in [2.05, 4.69) is 4.98 Å². The molecule has 0 radical (unpaired) electrons. The van der Waals surface area contributed by atoms with Crippen LogP contribution >= 0.6 is 0 Å². The van der Waals surface area contributed by atoms with Gasteiger partial charge in [0.05, 0.1) is 16.8 Å². The van der Waals surface area contributed by atoms with E-state index in [0.717, 1.165) is 6.07 Å². The summed E-state index contributed by atoms with van der Waals surface area (Å²) in [6.45, 7) is 1.65. The van der Waals surface area contributed by atoms with Gasteiger partial charge in [0.1, 0.15) is 23.0 Å². The zero-order valence-corrected chi connectivity index (χ0v) is 11.0. The molecule has 0 atom stereocenters. The number of nitrogens with zero attached hydrogens (tertiary/aromatic N) is 2. The number of carboxylic acid groups (broad SMARTS) is 1. The van der Waals surface area contributed by atoms with Crippen molar-refractivity contribution in [1.82, 2.24) is 9.55 Å². The van der Waals surface area contributed by atoms with E-state index in [4.69, 9.17) is 0 Å². The Morgan fingerprint density at radius 2 is 1.86 bits per heavy atom. The summed E-state index contributed by atoms with van der Waals surface area (Å²) in [7, 11) is 0. The summed E-state index contributed by atoms with van der Waals surface area (Å²) in [5.74, 6) is -2.07. The van der Waals surface area contributed by atoms with Crippen molar-refractivity contribution in [2.45, 2.75) is 6.92 Å². The zero-order chi connectivity index (χ0) is 15.1. The molecule has 0 saturated heterocycles. The Morgan fingerprint density at radius 1 is 1.19 bits per heavy atom. The lowest BCUT2D eigenvalue weighted by Gasteiger charge is -2.07. The second kappa shape index (κ2) is 4.66. The Kier molecular flexibility index (Phi) is 2.94. The maximum absolute atomic E-state index is 13.4. The van der Waals surface area contributed by atoms with Crippen LogP contribution in [0.25, 0.3) is 16.7 Å². The van der Waals surface area contributed by atoms with Gasteiger partial charge in [0.25, 0.3) is 0 Å². The SMILES string of the molecule is Cc1nc2c(C(=O)O)cccc2n1-c1cc(F)cc(F)c1. The highest BCUT2D eigenvalue weighted by molar-refractivity contribution is 6.01. The molecule has 1 heterocycles. The first kappa shape index (κ1) is 13.2. The van der Waals surface area contributed by atoms with Crippen LogP contribution in [0.4, 0.5) is 8.78 Å². The number of aromatic carboxylic acids is 1. The Hall–Kier alpha value is -2.76. The Labute approximate surface area is 118 Å². The van der Waals surface area contributed by atoms with Gasteiger partial charge >= 0.3 is 5.97 Å². The van der Waals surface area contributed by atoms with Gasteiger partial charge in [-0.2, -0.15) is 0 Å². The molecule has 0 aliphatic rings. The minimum atomic E-state index is -1.10. The molecule has 106 valence electrons. The monoisotopic (exact) mass is 288 g/mol. The van der Waals surface area contributed by atoms with E-state index < -0.39 is 17.6 Å². The number of rotatable bonds is 2. The van der Waals surface area contributed by atoms with Gasteiger partial charge in [-0.3, -0.25) is 4.57 Å². The Balaban J connectivity index is 2.35. The molecule has 4 nitrogen and oxygen atoms in total. The smallest absolute Gasteiger partial charge is 0.337 e. The van der Waals surface area contributed by atoms with E-state index in [0.29, 0.717) is 11.3 Å². The first-order valence-electron chi connectivity index (χ1n) is 6.15. The molecule has 0 saturated carbocycles. The van der Waals surface area contributed by atoms with Crippen LogP contribution in [-0.4, -0.2) is 20.6 Å². The largest absolute Gasteiger partial charge is 0.478 e. The van der Waals surface area contributed by atoms with Gasteiger partial charge in [-0.05, 0) is 31.2 Å². The minimum absolute atomic E-state index is 0.0474. The molecule has 0 amide bonds. The van der Waals surface area contributed by atoms with Crippen molar-refractivity contribution in [3.8, 4) is 5.69 Å². The molecular formula is C15H10F2N2O2. The topological polar surface area (TPSA) is 55.1 Å². The fraction of sp³-hybridized carbons (Fsp3) is 0.0667. The summed E-state index contributed by atoms with van der Waals surface area (Å²) in [4.78, 5) is 15.4. The summed E-state index contributed by atoms with van der Waals surface area (Å²) in [6, 6.07) is 7.78. The first-order chi connectivity index (χ1) is 9.97. The number of aromatic nitrogens is 2. The van der Waals surface area contributed by atoms with Crippen LogP contribution in [0.2, 0.25) is 0 Å². The molecule has 1 N–H and O–H groups in total. The van der Waals surface area contributed by atoms with Crippen molar-refractivity contribution in [1.29, 1.82) is 0 Å². The van der Waals surface area contributed by atoms with E-state index in [1.807, 2.05) is 0 Å². The summed E-state index contributed by atoms with van der Waals surface area (Å²) in [5, 5.41) is 9.17. The number of para-hydroxylation sites is 1. The molecule has 0 unspecified atom stereocenters. The van der Waals surface area contributed by atoms with Crippen LogP contribution in [-0.2, 0) is 0 Å². The summed E-state index contributed by atoms with van der Waals surface area (Å²) < 4.78 is 28.3. The number of halogens is 2. The predicted octanol–water partition coefficient (Wildman–Crippen LogP) is 3.31. The number of aryl methyl sites for hydroxylation is 1. The highest BCUT2D eigenvalue weighted by Crippen LogP contribution is 2.25. The number of carbonyl (C=O) groups is 1. The van der Waals surface area contributed by atoms with Gasteiger partial charge in [-0.15, -0.1) is 0 Å². The molecule has 2 aromatic carbocycles. The molecular weight excluding hydrogens is 278 g/mol. The fourth-order valence-corrected chi connectivity index (χ4v) is 2.38. The van der Waals surface area contributed by atoms with E-state index in [1.165, 1.54) is 22.8 Å². The minimum Gasteiger partial charge on any atom is -0.478 e. The van der Waals surface area contributed by atoms with Crippen molar-refractivity contribution < 1.29 is 18.7 Å². The van der Waals surface area contributed by atoms with Gasteiger partial charge in [-0.1, -0.05) is 6.07 Å². The van der Waals surface area contributed by atoms with E-state index in [1.54, 1.807) is 19.1 Å². The number of hydrogen-bond acceptors (Lipinski definition) is 2. The third kappa shape index (κ3) is 2.14. The summed E-state index contributed by atoms with van der Waals surface area (Å²) >= 11 is 0. The molecule has 1 aromatic heterocycles. The lowest BCUT2D eigenvalue weighted by molar-refractivity contribution is 0.0699. The van der Waals surface area contributed by atoms with Gasteiger partial charge in [-0.25, -0.2) is 18.6 Å². The molecule has 6 heteroatoms. The number of fused-ring (bicyclic) bond motifs is 1. The first-order valence-corrected chi connectivity index (χ1v) is 6.15. The lowest BCUT2D eigenvalue weighted by atomic mass is 10.2. The quantitative estimate of drug-likeness (QED) is 0.787. The standard InChI is InChI=1S/C15H10F2N2O2/c1-8-18-14-12(15(20)21)3-2-4-13(14)19(8)11-6-9(16)5-10(17)7-11/h2-7H,1H3,(H,20,21). The molecule has 3 aromatic rings. The van der Waals surface area contributed by atoms with Gasteiger partial charge in [0, 0.05) is 6.07 Å². The average molecular weight is 288 g/mol. The Bertz CT molecular complexity index is 851. The normalized spacial score (nSPS) is 11.0. The van der Waals surface area contributed by atoms with Crippen LogP contribution in [0.3, 0.4) is 0 Å². The third-order valence-corrected chi connectivity index (χ3v) is 3.19. The molecule has 3 rings (SSSR count). The van der Waals surface area contributed by atoms with Crippen molar-refractivity contribution in [3.05, 3.63) is 59.4 Å². The van der Waals surface area contributed by atoms with Crippen molar-refractivity contribution in [2.75, 3.05) is 0 Å². The zero-order valence-electron chi connectivity index (χ0n) is 11.0. The second-order valence-electron chi connectivity index (χ2n) is 4.60. The predicted molar refractivity (Wildman–Crippen MR) is 72.7 cm³/mol. The molecule has 0 aliphatic heterocycles. The van der Waals surface area contributed by atoms with Gasteiger partial charge < -0.3 is 5.11 Å². The number of benzene rings is 2. The van der Waals surface area contributed by atoms with Crippen LogP contribution in [0, 0.1) is 18.6 Å². The highest BCUT2D eigenvalue weighted by atomic mass is 19.1. The molecule has 0 spiro atoms. The number of carboxylic acids is 1. The van der Waals surface area contributed by atoms with Gasteiger partial charge in [0.2, 0.25) is 0 Å². The average Bonchev–Trinajstić information content (AvgIpc) is 2.72. The van der Waals surface area contributed by atoms with Gasteiger partial charge in [0.15, 0.2) is 0 Å². The maximum Gasteiger partial charge on any atom is 0.337 e. The number of imidazole rings is 1. The van der Waals surface area contributed by atoms with Crippen LogP contribution in [0.15, 0.2) is 36.4 Å². The summed E-state index contributed by atoms with van der Waals surface area (Å²) in [6.07, 6.45) is 0. The van der Waals surface area contributed by atoms with E-state index in [-0.39, 0.29) is 16.8 Å². The highest BCUT2D eigenvalue weighted by Gasteiger charge is 2.16. The van der Waals surface area contributed by atoms with E-state index in [9.17, 15) is 18.7 Å². The van der Waals surface area contributed by atoms with Crippen molar-refractivity contribution in [2.24, 2.45) is 0 Å². The molecule has 0 fully saturated rings. The Morgan fingerprint density at radius 3 is 2.48 bits per heavy atom.